The number of halogens is 2. The van der Waals surface area contributed by atoms with Crippen LogP contribution in [0.2, 0.25) is 5.02 Å². The van der Waals surface area contributed by atoms with Crippen LogP contribution in [0.1, 0.15) is 18.5 Å². The Morgan fingerprint density at radius 3 is 2.76 bits per heavy atom. The summed E-state index contributed by atoms with van der Waals surface area (Å²) in [6, 6.07) is 5.96. The van der Waals surface area contributed by atoms with E-state index in [4.69, 9.17) is 22.1 Å². The van der Waals surface area contributed by atoms with E-state index in [2.05, 4.69) is 21.2 Å². The molecule has 0 saturated heterocycles. The van der Waals surface area contributed by atoms with Gasteiger partial charge in [0.05, 0.1) is 11.1 Å². The highest BCUT2D eigenvalue weighted by Gasteiger charge is 2.11. The molecule has 1 aromatic carbocycles. The predicted molar refractivity (Wildman–Crippen MR) is 75.4 cm³/mol. The lowest BCUT2D eigenvalue weighted by Gasteiger charge is -2.20. The van der Waals surface area contributed by atoms with Crippen LogP contribution in [-0.2, 0) is 4.74 Å². The van der Waals surface area contributed by atoms with Gasteiger partial charge in [-0.25, -0.2) is 0 Å². The summed E-state index contributed by atoms with van der Waals surface area (Å²) in [6.07, 6.45) is 0.162. The summed E-state index contributed by atoms with van der Waals surface area (Å²) in [4.78, 5) is 0. The zero-order chi connectivity index (χ0) is 12.8. The van der Waals surface area contributed by atoms with Crippen LogP contribution in [0.4, 0.5) is 0 Å². The van der Waals surface area contributed by atoms with Gasteiger partial charge in [0.2, 0.25) is 0 Å². The molecule has 17 heavy (non-hydrogen) atoms. The summed E-state index contributed by atoms with van der Waals surface area (Å²) >= 11 is 9.43. The average Bonchev–Trinajstić information content (AvgIpc) is 2.33. The Balaban J connectivity index is 2.69. The van der Waals surface area contributed by atoms with E-state index in [0.29, 0.717) is 11.6 Å². The minimum Gasteiger partial charge on any atom is -0.380 e. The summed E-state index contributed by atoms with van der Waals surface area (Å²) in [7, 11) is 1.69. The molecular formula is C12H18BrClN2O. The first-order valence-electron chi connectivity index (χ1n) is 5.49. The van der Waals surface area contributed by atoms with E-state index < -0.39 is 0 Å². The van der Waals surface area contributed by atoms with Crippen molar-refractivity contribution < 1.29 is 4.74 Å². The molecule has 96 valence electrons. The Kier molecular flexibility index (Phi) is 6.44. The summed E-state index contributed by atoms with van der Waals surface area (Å²) in [5.74, 6) is 0. The average molecular weight is 322 g/mol. The number of rotatable bonds is 6. The lowest BCUT2D eigenvalue weighted by Crippen LogP contribution is -2.33. The molecule has 0 aliphatic heterocycles. The van der Waals surface area contributed by atoms with Gasteiger partial charge in [0.25, 0.3) is 0 Å². The second-order valence-corrected chi connectivity index (χ2v) is 5.18. The standard InChI is InChI=1S/C12H18BrClN2O/c1-8(17-2)7-16-12(6-15)9-3-4-10(13)11(14)5-9/h3-5,8,12,16H,6-7,15H2,1-2H3. The number of methoxy groups -OCH3 is 1. The van der Waals surface area contributed by atoms with E-state index in [0.717, 1.165) is 16.6 Å². The number of hydrogen-bond donors (Lipinski definition) is 2. The number of hydrogen-bond acceptors (Lipinski definition) is 3. The van der Waals surface area contributed by atoms with Gasteiger partial charge in [0, 0.05) is 30.7 Å². The Morgan fingerprint density at radius 1 is 1.53 bits per heavy atom. The van der Waals surface area contributed by atoms with E-state index in [1.165, 1.54) is 0 Å². The second-order valence-electron chi connectivity index (χ2n) is 3.92. The van der Waals surface area contributed by atoms with Crippen molar-refractivity contribution in [1.29, 1.82) is 0 Å². The van der Waals surface area contributed by atoms with E-state index in [9.17, 15) is 0 Å². The van der Waals surface area contributed by atoms with E-state index >= 15 is 0 Å². The number of nitrogens with two attached hydrogens (primary N) is 1. The van der Waals surface area contributed by atoms with Crippen molar-refractivity contribution in [2.24, 2.45) is 5.73 Å². The molecule has 2 atom stereocenters. The first kappa shape index (κ1) is 14.9. The fraction of sp³-hybridized carbons (Fsp3) is 0.500. The second kappa shape index (κ2) is 7.34. The van der Waals surface area contributed by atoms with Crippen molar-refractivity contribution in [3.8, 4) is 0 Å². The molecule has 3 nitrogen and oxygen atoms in total. The van der Waals surface area contributed by atoms with Crippen LogP contribution in [-0.4, -0.2) is 26.3 Å². The lowest BCUT2D eigenvalue weighted by atomic mass is 10.1. The number of nitrogens with one attached hydrogen (secondary N) is 1. The van der Waals surface area contributed by atoms with Gasteiger partial charge in [-0.15, -0.1) is 0 Å². The van der Waals surface area contributed by atoms with Gasteiger partial charge in [0.15, 0.2) is 0 Å². The Labute approximate surface area is 116 Å². The zero-order valence-corrected chi connectivity index (χ0v) is 12.4. The van der Waals surface area contributed by atoms with Crippen LogP contribution in [0.5, 0.6) is 0 Å². The first-order valence-corrected chi connectivity index (χ1v) is 6.66. The molecule has 0 aliphatic carbocycles. The molecule has 1 aromatic rings. The van der Waals surface area contributed by atoms with Crippen molar-refractivity contribution in [2.75, 3.05) is 20.2 Å². The maximum atomic E-state index is 6.06. The van der Waals surface area contributed by atoms with Crippen molar-refractivity contribution >= 4 is 27.5 Å². The quantitative estimate of drug-likeness (QED) is 0.847. The molecule has 5 heteroatoms. The third kappa shape index (κ3) is 4.56. The van der Waals surface area contributed by atoms with Crippen molar-refractivity contribution in [3.63, 3.8) is 0 Å². The summed E-state index contributed by atoms with van der Waals surface area (Å²) < 4.78 is 6.08. The van der Waals surface area contributed by atoms with Gasteiger partial charge < -0.3 is 15.8 Å². The Hall–Kier alpha value is -0.130. The maximum absolute atomic E-state index is 6.06. The largest absolute Gasteiger partial charge is 0.380 e. The Morgan fingerprint density at radius 2 is 2.24 bits per heavy atom. The molecule has 0 fully saturated rings. The molecule has 0 amide bonds. The fourth-order valence-electron chi connectivity index (χ4n) is 1.46. The topological polar surface area (TPSA) is 47.3 Å². The molecule has 2 unspecified atom stereocenters. The van der Waals surface area contributed by atoms with E-state index in [1.807, 2.05) is 25.1 Å². The fourth-order valence-corrected chi connectivity index (χ4v) is 1.89. The zero-order valence-electron chi connectivity index (χ0n) is 10.0. The molecule has 0 radical (unpaired) electrons. The van der Waals surface area contributed by atoms with Gasteiger partial charge >= 0.3 is 0 Å². The van der Waals surface area contributed by atoms with Gasteiger partial charge in [-0.05, 0) is 40.5 Å². The van der Waals surface area contributed by atoms with Crippen LogP contribution in [0.15, 0.2) is 22.7 Å². The minimum absolute atomic E-state index is 0.0956. The van der Waals surface area contributed by atoms with Gasteiger partial charge in [-0.1, -0.05) is 17.7 Å². The van der Waals surface area contributed by atoms with Crippen molar-refractivity contribution in [3.05, 3.63) is 33.3 Å². The van der Waals surface area contributed by atoms with Crippen LogP contribution in [0.3, 0.4) is 0 Å². The van der Waals surface area contributed by atoms with Crippen LogP contribution in [0, 0.1) is 0 Å². The van der Waals surface area contributed by atoms with Crippen LogP contribution >= 0.6 is 27.5 Å². The highest BCUT2D eigenvalue weighted by molar-refractivity contribution is 9.10. The molecule has 0 heterocycles. The van der Waals surface area contributed by atoms with Gasteiger partial charge in [-0.3, -0.25) is 0 Å². The lowest BCUT2D eigenvalue weighted by molar-refractivity contribution is 0.114. The highest BCUT2D eigenvalue weighted by Crippen LogP contribution is 2.25. The maximum Gasteiger partial charge on any atom is 0.0667 e. The van der Waals surface area contributed by atoms with Gasteiger partial charge in [0.1, 0.15) is 0 Å². The summed E-state index contributed by atoms with van der Waals surface area (Å²) in [6.45, 7) is 3.29. The molecule has 0 bridgehead atoms. The minimum atomic E-state index is 0.0956. The monoisotopic (exact) mass is 320 g/mol. The molecule has 0 aromatic heterocycles. The number of ether oxygens (including phenoxy) is 1. The van der Waals surface area contributed by atoms with E-state index in [1.54, 1.807) is 7.11 Å². The first-order chi connectivity index (χ1) is 8.08. The SMILES string of the molecule is COC(C)CNC(CN)c1ccc(Br)c(Cl)c1. The molecule has 3 N–H and O–H groups in total. The predicted octanol–water partition coefficient (Wildman–Crippen LogP) is 2.73. The van der Waals surface area contributed by atoms with Gasteiger partial charge in [-0.2, -0.15) is 0 Å². The van der Waals surface area contributed by atoms with E-state index in [-0.39, 0.29) is 12.1 Å². The molecular weight excluding hydrogens is 304 g/mol. The smallest absolute Gasteiger partial charge is 0.0667 e. The molecule has 0 spiro atoms. The normalized spacial score (nSPS) is 14.6. The van der Waals surface area contributed by atoms with Crippen molar-refractivity contribution in [1.82, 2.24) is 5.32 Å². The van der Waals surface area contributed by atoms with Crippen LogP contribution < -0.4 is 11.1 Å². The number of benzene rings is 1. The van der Waals surface area contributed by atoms with Crippen molar-refractivity contribution in [2.45, 2.75) is 19.1 Å². The highest BCUT2D eigenvalue weighted by atomic mass is 79.9. The van der Waals surface area contributed by atoms with Crippen LogP contribution in [0.25, 0.3) is 0 Å². The Bertz CT molecular complexity index is 362. The summed E-state index contributed by atoms with van der Waals surface area (Å²) in [5, 5.41) is 4.06. The third-order valence-corrected chi connectivity index (χ3v) is 3.87. The molecule has 0 saturated carbocycles. The molecule has 0 aliphatic rings. The molecule has 1 rings (SSSR count). The summed E-state index contributed by atoms with van der Waals surface area (Å²) in [5.41, 5.74) is 6.85. The third-order valence-electron chi connectivity index (χ3n) is 2.64.